The van der Waals surface area contributed by atoms with E-state index >= 15 is 0 Å². The van der Waals surface area contributed by atoms with E-state index < -0.39 is 6.10 Å². The van der Waals surface area contributed by atoms with E-state index in [1.165, 1.54) is 0 Å². The minimum absolute atomic E-state index is 0.164. The maximum Gasteiger partial charge on any atom is 0.125 e. The third kappa shape index (κ3) is 3.47. The van der Waals surface area contributed by atoms with Gasteiger partial charge in [0.25, 0.3) is 0 Å². The largest absolute Gasteiger partial charge is 0.490 e. The first kappa shape index (κ1) is 13.9. The lowest BCUT2D eigenvalue weighted by molar-refractivity contribution is 0.107. The second kappa shape index (κ2) is 6.57. The van der Waals surface area contributed by atoms with Crippen molar-refractivity contribution in [3.05, 3.63) is 64.7 Å². The summed E-state index contributed by atoms with van der Waals surface area (Å²) in [6.45, 7) is 0.466. The third-order valence-corrected chi connectivity index (χ3v) is 3.22. The molecule has 0 radical (unpaired) electrons. The number of halogens is 1. The van der Waals surface area contributed by atoms with Crippen molar-refractivity contribution in [2.45, 2.75) is 12.6 Å². The average molecular weight is 278 g/mol. The van der Waals surface area contributed by atoms with Crippen LogP contribution in [0.1, 0.15) is 17.2 Å². The van der Waals surface area contributed by atoms with Gasteiger partial charge in [-0.1, -0.05) is 48.0 Å². The molecule has 1 atom stereocenters. The molecule has 0 aliphatic carbocycles. The lowest BCUT2D eigenvalue weighted by Gasteiger charge is -2.15. The normalized spacial score (nSPS) is 12.2. The highest BCUT2D eigenvalue weighted by Crippen LogP contribution is 2.26. The number of benzene rings is 2. The van der Waals surface area contributed by atoms with Gasteiger partial charge in [-0.3, -0.25) is 0 Å². The molecule has 0 bridgehead atoms. The topological polar surface area (TPSA) is 55.5 Å². The predicted molar refractivity (Wildman–Crippen MR) is 76.2 cm³/mol. The number of ether oxygens (including phenoxy) is 1. The summed E-state index contributed by atoms with van der Waals surface area (Å²) in [5.74, 6) is 0.616. The van der Waals surface area contributed by atoms with Gasteiger partial charge in [-0.2, -0.15) is 0 Å². The van der Waals surface area contributed by atoms with E-state index in [4.69, 9.17) is 22.1 Å². The third-order valence-electron chi connectivity index (χ3n) is 2.86. The van der Waals surface area contributed by atoms with E-state index in [0.717, 1.165) is 11.1 Å². The zero-order valence-electron chi connectivity index (χ0n) is 10.4. The monoisotopic (exact) mass is 277 g/mol. The molecule has 3 N–H and O–H groups in total. The Balaban J connectivity index is 2.05. The molecule has 0 aliphatic rings. The molecular formula is C15H16ClNO2. The van der Waals surface area contributed by atoms with Crippen molar-refractivity contribution in [3.63, 3.8) is 0 Å². The molecule has 4 heteroatoms. The smallest absolute Gasteiger partial charge is 0.125 e. The van der Waals surface area contributed by atoms with Crippen molar-refractivity contribution in [1.29, 1.82) is 0 Å². The SMILES string of the molecule is NCc1c(Cl)cccc1OCC(O)c1ccccc1. The molecule has 2 rings (SSSR count). The number of aliphatic hydroxyl groups excluding tert-OH is 1. The number of rotatable bonds is 5. The molecule has 0 aliphatic heterocycles. The molecule has 3 nitrogen and oxygen atoms in total. The highest BCUT2D eigenvalue weighted by molar-refractivity contribution is 6.31. The molecule has 0 saturated carbocycles. The highest BCUT2D eigenvalue weighted by Gasteiger charge is 2.11. The minimum Gasteiger partial charge on any atom is -0.490 e. The van der Waals surface area contributed by atoms with Gasteiger partial charge in [-0.25, -0.2) is 0 Å². The Hall–Kier alpha value is -1.55. The van der Waals surface area contributed by atoms with Crippen LogP contribution in [0.5, 0.6) is 5.75 Å². The van der Waals surface area contributed by atoms with Crippen LogP contribution in [0, 0.1) is 0 Å². The van der Waals surface area contributed by atoms with E-state index in [-0.39, 0.29) is 6.61 Å². The summed E-state index contributed by atoms with van der Waals surface area (Å²) in [5.41, 5.74) is 7.21. The van der Waals surface area contributed by atoms with Crippen molar-refractivity contribution in [3.8, 4) is 5.75 Å². The Labute approximate surface area is 117 Å². The van der Waals surface area contributed by atoms with Crippen LogP contribution >= 0.6 is 11.6 Å². The lowest BCUT2D eigenvalue weighted by atomic mass is 10.1. The van der Waals surface area contributed by atoms with Gasteiger partial charge in [0, 0.05) is 17.1 Å². The van der Waals surface area contributed by atoms with Gasteiger partial charge in [0.05, 0.1) is 0 Å². The van der Waals surface area contributed by atoms with Crippen LogP contribution < -0.4 is 10.5 Å². The molecule has 2 aromatic rings. The van der Waals surface area contributed by atoms with Crippen molar-refractivity contribution in [2.75, 3.05) is 6.61 Å². The summed E-state index contributed by atoms with van der Waals surface area (Å²) in [5, 5.41) is 10.6. The fraction of sp³-hybridized carbons (Fsp3) is 0.200. The van der Waals surface area contributed by atoms with E-state index in [9.17, 15) is 5.11 Å². The molecule has 0 heterocycles. The van der Waals surface area contributed by atoms with Crippen LogP contribution in [0.25, 0.3) is 0 Å². The molecule has 0 amide bonds. The van der Waals surface area contributed by atoms with Crippen LogP contribution in [0.3, 0.4) is 0 Å². The van der Waals surface area contributed by atoms with Crippen molar-refractivity contribution in [1.82, 2.24) is 0 Å². The quantitative estimate of drug-likeness (QED) is 0.883. The van der Waals surface area contributed by atoms with Crippen LogP contribution in [0.4, 0.5) is 0 Å². The Morgan fingerprint density at radius 2 is 1.84 bits per heavy atom. The average Bonchev–Trinajstić information content (AvgIpc) is 2.45. The molecule has 0 spiro atoms. The van der Waals surface area contributed by atoms with Gasteiger partial charge in [0.1, 0.15) is 18.5 Å². The predicted octanol–water partition coefficient (Wildman–Crippen LogP) is 2.91. The fourth-order valence-corrected chi connectivity index (χ4v) is 2.06. The van der Waals surface area contributed by atoms with Crippen LogP contribution in [-0.2, 0) is 6.54 Å². The van der Waals surface area contributed by atoms with Crippen LogP contribution in [-0.4, -0.2) is 11.7 Å². The van der Waals surface area contributed by atoms with Gasteiger partial charge in [-0.05, 0) is 17.7 Å². The fourth-order valence-electron chi connectivity index (χ4n) is 1.81. The first-order valence-corrected chi connectivity index (χ1v) is 6.43. The van der Waals surface area contributed by atoms with Crippen molar-refractivity contribution < 1.29 is 9.84 Å². The van der Waals surface area contributed by atoms with Crippen molar-refractivity contribution in [2.24, 2.45) is 5.73 Å². The molecule has 100 valence electrons. The zero-order valence-corrected chi connectivity index (χ0v) is 11.2. The summed E-state index contributed by atoms with van der Waals surface area (Å²) in [6, 6.07) is 14.7. The first-order chi connectivity index (χ1) is 9.22. The maximum atomic E-state index is 10.0. The zero-order chi connectivity index (χ0) is 13.7. The Bertz CT molecular complexity index is 531. The molecular weight excluding hydrogens is 262 g/mol. The van der Waals surface area contributed by atoms with Gasteiger partial charge in [-0.15, -0.1) is 0 Å². The van der Waals surface area contributed by atoms with Gasteiger partial charge in [0.2, 0.25) is 0 Å². The first-order valence-electron chi connectivity index (χ1n) is 6.05. The summed E-state index contributed by atoms with van der Waals surface area (Å²) in [4.78, 5) is 0. The number of nitrogens with two attached hydrogens (primary N) is 1. The van der Waals surface area contributed by atoms with E-state index in [0.29, 0.717) is 17.3 Å². The number of hydrogen-bond donors (Lipinski definition) is 2. The van der Waals surface area contributed by atoms with Crippen molar-refractivity contribution >= 4 is 11.6 Å². The second-order valence-corrected chi connectivity index (χ2v) is 4.57. The van der Waals surface area contributed by atoms with E-state index in [1.54, 1.807) is 18.2 Å². The molecule has 0 saturated heterocycles. The number of aliphatic hydroxyl groups is 1. The maximum absolute atomic E-state index is 10.0. The standard InChI is InChI=1S/C15H16ClNO2/c16-13-7-4-8-15(12(13)9-17)19-10-14(18)11-5-2-1-3-6-11/h1-8,14,18H,9-10,17H2. The van der Waals surface area contributed by atoms with Crippen LogP contribution in [0.15, 0.2) is 48.5 Å². The van der Waals surface area contributed by atoms with Gasteiger partial charge < -0.3 is 15.6 Å². The summed E-state index contributed by atoms with van der Waals surface area (Å²) in [6.07, 6.45) is -0.675. The van der Waals surface area contributed by atoms with Gasteiger partial charge in [0.15, 0.2) is 0 Å². The minimum atomic E-state index is -0.675. The second-order valence-electron chi connectivity index (χ2n) is 4.16. The van der Waals surface area contributed by atoms with Gasteiger partial charge >= 0.3 is 0 Å². The molecule has 1 unspecified atom stereocenters. The molecule has 0 fully saturated rings. The summed E-state index contributed by atoms with van der Waals surface area (Å²) >= 11 is 6.04. The Morgan fingerprint density at radius 1 is 1.11 bits per heavy atom. The molecule has 0 aromatic heterocycles. The summed E-state index contributed by atoms with van der Waals surface area (Å²) in [7, 11) is 0. The lowest BCUT2D eigenvalue weighted by Crippen LogP contribution is -2.11. The Morgan fingerprint density at radius 3 is 2.53 bits per heavy atom. The Kier molecular flexibility index (Phi) is 4.80. The van der Waals surface area contributed by atoms with E-state index in [2.05, 4.69) is 0 Å². The number of hydrogen-bond acceptors (Lipinski definition) is 3. The highest BCUT2D eigenvalue weighted by atomic mass is 35.5. The molecule has 2 aromatic carbocycles. The summed E-state index contributed by atoms with van der Waals surface area (Å²) < 4.78 is 5.61. The van der Waals surface area contributed by atoms with Crippen LogP contribution in [0.2, 0.25) is 5.02 Å². The molecule has 19 heavy (non-hydrogen) atoms. The van der Waals surface area contributed by atoms with E-state index in [1.807, 2.05) is 30.3 Å².